The van der Waals surface area contributed by atoms with Gasteiger partial charge in [0, 0.05) is 11.6 Å². The SMILES string of the molecule is C[C@@H](C(=O)NCCCN1CCCCCC1)N(c1cccc(Cl)c1)S(C)(=O)=O. The van der Waals surface area contributed by atoms with Crippen LogP contribution in [-0.2, 0) is 14.8 Å². The second-order valence-corrected chi connectivity index (χ2v) is 9.41. The first kappa shape index (κ1) is 22.0. The van der Waals surface area contributed by atoms with E-state index in [2.05, 4.69) is 10.2 Å². The van der Waals surface area contributed by atoms with Crippen molar-refractivity contribution in [2.45, 2.75) is 45.1 Å². The van der Waals surface area contributed by atoms with Crippen molar-refractivity contribution in [2.24, 2.45) is 0 Å². The summed E-state index contributed by atoms with van der Waals surface area (Å²) in [6, 6.07) is 5.67. The summed E-state index contributed by atoms with van der Waals surface area (Å²) < 4.78 is 25.6. The monoisotopic (exact) mass is 415 g/mol. The number of carbonyl (C=O) groups excluding carboxylic acids is 1. The number of sulfonamides is 1. The Hall–Kier alpha value is -1.31. The van der Waals surface area contributed by atoms with E-state index in [0.717, 1.165) is 36.6 Å². The third-order valence-electron chi connectivity index (χ3n) is 4.80. The zero-order valence-corrected chi connectivity index (χ0v) is 17.7. The molecule has 0 aliphatic carbocycles. The maximum absolute atomic E-state index is 12.5. The van der Waals surface area contributed by atoms with Gasteiger partial charge in [-0.05, 0) is 64.0 Å². The number of halogens is 1. The van der Waals surface area contributed by atoms with Gasteiger partial charge in [-0.1, -0.05) is 30.5 Å². The van der Waals surface area contributed by atoms with Crippen LogP contribution in [0.15, 0.2) is 24.3 Å². The van der Waals surface area contributed by atoms with Gasteiger partial charge >= 0.3 is 0 Å². The molecule has 8 heteroatoms. The molecule has 0 unspecified atom stereocenters. The molecule has 2 rings (SSSR count). The zero-order chi connectivity index (χ0) is 19.9. The molecule has 1 amide bonds. The number of anilines is 1. The largest absolute Gasteiger partial charge is 0.354 e. The molecule has 1 N–H and O–H groups in total. The second kappa shape index (κ2) is 10.3. The summed E-state index contributed by atoms with van der Waals surface area (Å²) in [4.78, 5) is 15.0. The van der Waals surface area contributed by atoms with Gasteiger partial charge in [-0.2, -0.15) is 0 Å². The molecule has 0 saturated carbocycles. The molecule has 0 spiro atoms. The molecule has 0 bridgehead atoms. The molecule has 1 aromatic rings. The van der Waals surface area contributed by atoms with Crippen molar-refractivity contribution in [2.75, 3.05) is 36.7 Å². The van der Waals surface area contributed by atoms with Crippen molar-refractivity contribution in [3.05, 3.63) is 29.3 Å². The summed E-state index contributed by atoms with van der Waals surface area (Å²) >= 11 is 5.98. The van der Waals surface area contributed by atoms with E-state index in [1.807, 2.05) is 0 Å². The molecule has 1 fully saturated rings. The van der Waals surface area contributed by atoms with E-state index in [9.17, 15) is 13.2 Å². The number of likely N-dealkylation sites (tertiary alicyclic amines) is 1. The Morgan fingerprint density at radius 2 is 1.93 bits per heavy atom. The first-order valence-corrected chi connectivity index (χ1v) is 11.8. The summed E-state index contributed by atoms with van der Waals surface area (Å²) in [6.45, 7) is 5.33. The molecule has 6 nitrogen and oxygen atoms in total. The minimum atomic E-state index is -3.63. The summed E-state index contributed by atoms with van der Waals surface area (Å²) in [6.07, 6.45) is 7.04. The fourth-order valence-corrected chi connectivity index (χ4v) is 4.79. The van der Waals surface area contributed by atoms with Gasteiger partial charge in [0.15, 0.2) is 0 Å². The highest BCUT2D eigenvalue weighted by atomic mass is 35.5. The van der Waals surface area contributed by atoms with Gasteiger partial charge in [0.1, 0.15) is 6.04 Å². The van der Waals surface area contributed by atoms with Gasteiger partial charge in [0.05, 0.1) is 11.9 Å². The van der Waals surface area contributed by atoms with Crippen LogP contribution < -0.4 is 9.62 Å². The minimum absolute atomic E-state index is 0.309. The first-order valence-electron chi connectivity index (χ1n) is 9.54. The molecule has 1 aliphatic rings. The molecule has 1 atom stereocenters. The Kier molecular flexibility index (Phi) is 8.38. The predicted octanol–water partition coefficient (Wildman–Crippen LogP) is 2.88. The Labute approximate surface area is 167 Å². The minimum Gasteiger partial charge on any atom is -0.354 e. The summed E-state index contributed by atoms with van der Waals surface area (Å²) in [5.41, 5.74) is 0.386. The predicted molar refractivity (Wildman–Crippen MR) is 111 cm³/mol. The van der Waals surface area contributed by atoms with Gasteiger partial charge in [-0.3, -0.25) is 9.10 Å². The fourth-order valence-electron chi connectivity index (χ4n) is 3.44. The van der Waals surface area contributed by atoms with Gasteiger partial charge in [-0.15, -0.1) is 0 Å². The molecule has 0 aromatic heterocycles. The van der Waals surface area contributed by atoms with Gasteiger partial charge < -0.3 is 10.2 Å². The first-order chi connectivity index (χ1) is 12.8. The van der Waals surface area contributed by atoms with E-state index in [-0.39, 0.29) is 5.91 Å². The number of nitrogens with one attached hydrogen (secondary N) is 1. The van der Waals surface area contributed by atoms with E-state index in [1.165, 1.54) is 25.7 Å². The highest BCUT2D eigenvalue weighted by molar-refractivity contribution is 7.92. The lowest BCUT2D eigenvalue weighted by Crippen LogP contribution is -2.48. The Balaban J connectivity index is 1.91. The maximum Gasteiger partial charge on any atom is 0.243 e. The summed E-state index contributed by atoms with van der Waals surface area (Å²) in [7, 11) is -3.63. The average molecular weight is 416 g/mol. The second-order valence-electron chi connectivity index (χ2n) is 7.12. The number of rotatable bonds is 8. The van der Waals surface area contributed by atoms with Crippen LogP contribution in [-0.4, -0.2) is 57.7 Å². The lowest BCUT2D eigenvalue weighted by atomic mass is 10.2. The highest BCUT2D eigenvalue weighted by Crippen LogP contribution is 2.24. The molecular formula is C19H30ClN3O3S. The Morgan fingerprint density at radius 3 is 2.52 bits per heavy atom. The molecule has 1 heterocycles. The topological polar surface area (TPSA) is 69.7 Å². The van der Waals surface area contributed by atoms with Crippen LogP contribution >= 0.6 is 11.6 Å². The van der Waals surface area contributed by atoms with Crippen molar-refractivity contribution in [1.29, 1.82) is 0 Å². The number of hydrogen-bond donors (Lipinski definition) is 1. The van der Waals surface area contributed by atoms with Gasteiger partial charge in [0.2, 0.25) is 15.9 Å². The Morgan fingerprint density at radius 1 is 1.26 bits per heavy atom. The van der Waals surface area contributed by atoms with E-state index >= 15 is 0 Å². The third kappa shape index (κ3) is 6.97. The number of amides is 1. The highest BCUT2D eigenvalue weighted by Gasteiger charge is 2.29. The lowest BCUT2D eigenvalue weighted by molar-refractivity contribution is -0.121. The van der Waals surface area contributed by atoms with E-state index in [1.54, 1.807) is 31.2 Å². The molecule has 1 aromatic carbocycles. The Bertz CT molecular complexity index is 719. The standard InChI is InChI=1S/C19H30ClN3O3S/c1-16(23(27(2,25)26)18-10-7-9-17(20)15-18)19(24)21-11-8-14-22-12-5-3-4-6-13-22/h7,9-10,15-16H,3-6,8,11-14H2,1-2H3,(H,21,24)/t16-/m0/s1. The summed E-state index contributed by atoms with van der Waals surface area (Å²) in [5, 5.41) is 3.29. The third-order valence-corrected chi connectivity index (χ3v) is 6.28. The van der Waals surface area contributed by atoms with E-state index in [0.29, 0.717) is 17.3 Å². The molecule has 1 saturated heterocycles. The van der Waals surface area contributed by atoms with Crippen LogP contribution in [0.25, 0.3) is 0 Å². The van der Waals surface area contributed by atoms with E-state index < -0.39 is 16.1 Å². The van der Waals surface area contributed by atoms with Gasteiger partial charge in [-0.25, -0.2) is 8.42 Å². The van der Waals surface area contributed by atoms with Crippen LogP contribution in [0.3, 0.4) is 0 Å². The van der Waals surface area contributed by atoms with Gasteiger partial charge in [0.25, 0.3) is 0 Å². The van der Waals surface area contributed by atoms with Crippen molar-refractivity contribution >= 4 is 33.2 Å². The number of hydrogen-bond acceptors (Lipinski definition) is 4. The molecule has 1 aliphatic heterocycles. The van der Waals surface area contributed by atoms with Crippen LogP contribution in [0, 0.1) is 0 Å². The quantitative estimate of drug-likeness (QED) is 0.663. The molecular weight excluding hydrogens is 386 g/mol. The molecule has 152 valence electrons. The van der Waals surface area contributed by atoms with E-state index in [4.69, 9.17) is 11.6 Å². The fraction of sp³-hybridized carbons (Fsp3) is 0.632. The van der Waals surface area contributed by atoms with Crippen molar-refractivity contribution in [1.82, 2.24) is 10.2 Å². The normalized spacial score (nSPS) is 17.1. The smallest absolute Gasteiger partial charge is 0.243 e. The van der Waals surface area contributed by atoms with Crippen molar-refractivity contribution in [3.8, 4) is 0 Å². The number of nitrogens with zero attached hydrogens (tertiary/aromatic N) is 2. The average Bonchev–Trinajstić information content (AvgIpc) is 2.86. The van der Waals surface area contributed by atoms with Crippen LogP contribution in [0.1, 0.15) is 39.0 Å². The molecule has 0 radical (unpaired) electrons. The number of carbonyl (C=O) groups is 1. The van der Waals surface area contributed by atoms with Crippen LogP contribution in [0.2, 0.25) is 5.02 Å². The lowest BCUT2D eigenvalue weighted by Gasteiger charge is -2.28. The number of benzene rings is 1. The zero-order valence-electron chi connectivity index (χ0n) is 16.2. The molecule has 27 heavy (non-hydrogen) atoms. The van der Waals surface area contributed by atoms with Crippen molar-refractivity contribution in [3.63, 3.8) is 0 Å². The summed E-state index contributed by atoms with van der Waals surface area (Å²) in [5.74, 6) is -0.309. The van der Waals surface area contributed by atoms with Crippen molar-refractivity contribution < 1.29 is 13.2 Å². The maximum atomic E-state index is 12.5. The van der Waals surface area contributed by atoms with Crippen LogP contribution in [0.5, 0.6) is 0 Å². The van der Waals surface area contributed by atoms with Crippen LogP contribution in [0.4, 0.5) is 5.69 Å².